The van der Waals surface area contributed by atoms with E-state index in [-0.39, 0.29) is 22.0 Å². The second-order valence-corrected chi connectivity index (χ2v) is 6.57. The minimum Gasteiger partial charge on any atom is -0.508 e. The summed E-state index contributed by atoms with van der Waals surface area (Å²) in [7, 11) is 0. The highest BCUT2D eigenvalue weighted by Crippen LogP contribution is 2.25. The SMILES string of the molecule is NC(=O)c1c(NCc2ccc(O)cc2)n[nH]c1Nc1ccc(S(=O)O)cc1. The summed E-state index contributed by atoms with van der Waals surface area (Å²) in [5.41, 5.74) is 7.10. The number of aromatic amines is 1. The van der Waals surface area contributed by atoms with Crippen molar-refractivity contribution in [3.63, 3.8) is 0 Å². The first-order chi connectivity index (χ1) is 12.9. The van der Waals surface area contributed by atoms with Crippen molar-refractivity contribution in [2.45, 2.75) is 11.4 Å². The molecule has 0 aliphatic rings. The largest absolute Gasteiger partial charge is 0.508 e. The number of anilines is 3. The van der Waals surface area contributed by atoms with Gasteiger partial charge in [0.1, 0.15) is 17.1 Å². The van der Waals surface area contributed by atoms with Crippen LogP contribution in [0.3, 0.4) is 0 Å². The Morgan fingerprint density at radius 3 is 2.41 bits per heavy atom. The van der Waals surface area contributed by atoms with Crippen molar-refractivity contribution in [1.29, 1.82) is 0 Å². The molecule has 1 heterocycles. The van der Waals surface area contributed by atoms with Gasteiger partial charge < -0.3 is 26.0 Å². The van der Waals surface area contributed by atoms with Crippen LogP contribution >= 0.6 is 0 Å². The molecule has 10 heteroatoms. The predicted molar refractivity (Wildman–Crippen MR) is 101 cm³/mol. The quantitative estimate of drug-likeness (QED) is 0.340. The maximum absolute atomic E-state index is 11.9. The van der Waals surface area contributed by atoms with E-state index in [0.29, 0.717) is 18.1 Å². The monoisotopic (exact) mass is 387 g/mol. The van der Waals surface area contributed by atoms with Crippen molar-refractivity contribution in [1.82, 2.24) is 10.2 Å². The molecule has 7 N–H and O–H groups in total. The van der Waals surface area contributed by atoms with E-state index in [4.69, 9.17) is 10.3 Å². The third kappa shape index (κ3) is 4.43. The summed E-state index contributed by atoms with van der Waals surface area (Å²) in [6.07, 6.45) is 0. The van der Waals surface area contributed by atoms with Crippen LogP contribution in [0.1, 0.15) is 15.9 Å². The summed E-state index contributed by atoms with van der Waals surface area (Å²) in [4.78, 5) is 12.1. The van der Waals surface area contributed by atoms with Crippen LogP contribution in [0, 0.1) is 0 Å². The van der Waals surface area contributed by atoms with Crippen molar-refractivity contribution in [2.75, 3.05) is 10.6 Å². The van der Waals surface area contributed by atoms with E-state index in [1.54, 1.807) is 36.4 Å². The number of nitrogens with zero attached hydrogens (tertiary/aromatic N) is 1. The Hall–Kier alpha value is -3.37. The topological polar surface area (TPSA) is 153 Å². The van der Waals surface area contributed by atoms with E-state index < -0.39 is 17.0 Å². The Kier molecular flexibility index (Phi) is 5.38. The molecule has 0 radical (unpaired) electrons. The molecule has 0 saturated heterocycles. The molecule has 1 unspecified atom stereocenters. The van der Waals surface area contributed by atoms with Gasteiger partial charge in [0.05, 0.1) is 4.90 Å². The van der Waals surface area contributed by atoms with Crippen LogP contribution < -0.4 is 16.4 Å². The number of H-pyrrole nitrogens is 1. The standard InChI is InChI=1S/C17H17N5O4S/c18-15(24)14-16(19-9-10-1-5-12(23)6-2-10)21-22-17(14)20-11-3-7-13(8-4-11)27(25)26/h1-8,23H,9H2,(H2,18,24)(H,25,26)(H3,19,20,21,22). The van der Waals surface area contributed by atoms with E-state index in [1.807, 2.05) is 0 Å². The second-order valence-electron chi connectivity index (χ2n) is 5.60. The van der Waals surface area contributed by atoms with Gasteiger partial charge in [-0.25, -0.2) is 4.21 Å². The molecule has 0 bridgehead atoms. The first kappa shape index (κ1) is 18.4. The Balaban J connectivity index is 1.77. The van der Waals surface area contributed by atoms with Crippen LogP contribution in [-0.2, 0) is 17.6 Å². The summed E-state index contributed by atoms with van der Waals surface area (Å²) in [5.74, 6) is 0.0751. The van der Waals surface area contributed by atoms with Crippen LogP contribution in [0.4, 0.5) is 17.3 Å². The number of nitrogens with two attached hydrogens (primary N) is 1. The number of carbonyl (C=O) groups is 1. The zero-order valence-corrected chi connectivity index (χ0v) is 14.8. The van der Waals surface area contributed by atoms with Gasteiger partial charge >= 0.3 is 0 Å². The fourth-order valence-electron chi connectivity index (χ4n) is 2.40. The molecule has 0 fully saturated rings. The number of phenolic OH excluding ortho intramolecular Hbond substituents is 1. The van der Waals surface area contributed by atoms with Gasteiger partial charge in [-0.3, -0.25) is 9.89 Å². The Labute approximate surface area is 156 Å². The number of hydrogen-bond donors (Lipinski definition) is 6. The molecule has 2 aromatic carbocycles. The van der Waals surface area contributed by atoms with E-state index in [1.165, 1.54) is 12.1 Å². The molecule has 140 valence electrons. The Morgan fingerprint density at radius 1 is 1.15 bits per heavy atom. The molecule has 0 spiro atoms. The number of amides is 1. The molecule has 3 aromatic rings. The average molecular weight is 387 g/mol. The first-order valence-electron chi connectivity index (χ1n) is 7.82. The lowest BCUT2D eigenvalue weighted by Crippen LogP contribution is -2.15. The van der Waals surface area contributed by atoms with Gasteiger partial charge in [0, 0.05) is 12.2 Å². The molecule has 1 atom stereocenters. The summed E-state index contributed by atoms with van der Waals surface area (Å²) in [6, 6.07) is 12.8. The number of phenols is 1. The summed E-state index contributed by atoms with van der Waals surface area (Å²) < 4.78 is 20.1. The number of benzene rings is 2. The van der Waals surface area contributed by atoms with Gasteiger partial charge in [-0.2, -0.15) is 5.10 Å². The minimum atomic E-state index is -2.06. The Morgan fingerprint density at radius 2 is 1.81 bits per heavy atom. The number of carbonyl (C=O) groups excluding carboxylic acids is 1. The highest BCUT2D eigenvalue weighted by molar-refractivity contribution is 7.79. The lowest BCUT2D eigenvalue weighted by Gasteiger charge is -2.08. The molecule has 3 rings (SSSR count). The number of aromatic hydroxyl groups is 1. The smallest absolute Gasteiger partial charge is 0.256 e. The molecule has 1 aromatic heterocycles. The molecular formula is C17H17N5O4S. The van der Waals surface area contributed by atoms with Crippen LogP contribution in [0.2, 0.25) is 0 Å². The highest BCUT2D eigenvalue weighted by atomic mass is 32.2. The van der Waals surface area contributed by atoms with E-state index in [2.05, 4.69) is 20.8 Å². The van der Waals surface area contributed by atoms with E-state index in [9.17, 15) is 14.1 Å². The maximum Gasteiger partial charge on any atom is 0.256 e. The number of rotatable bonds is 7. The van der Waals surface area contributed by atoms with Gasteiger partial charge in [0.15, 0.2) is 16.9 Å². The number of nitrogens with one attached hydrogen (secondary N) is 3. The van der Waals surface area contributed by atoms with Gasteiger partial charge in [0.25, 0.3) is 5.91 Å². The predicted octanol–water partition coefficient (Wildman–Crippen LogP) is 2.15. The average Bonchev–Trinajstić information content (AvgIpc) is 3.04. The van der Waals surface area contributed by atoms with Gasteiger partial charge in [-0.15, -0.1) is 0 Å². The van der Waals surface area contributed by atoms with Crippen LogP contribution in [0.15, 0.2) is 53.4 Å². The second kappa shape index (κ2) is 7.89. The van der Waals surface area contributed by atoms with Crippen LogP contribution in [0.5, 0.6) is 5.75 Å². The summed E-state index contributed by atoms with van der Waals surface area (Å²) in [5, 5.41) is 22.1. The normalized spacial score (nSPS) is 11.7. The highest BCUT2D eigenvalue weighted by Gasteiger charge is 2.18. The minimum absolute atomic E-state index is 0.156. The van der Waals surface area contributed by atoms with Gasteiger partial charge in [0.2, 0.25) is 0 Å². The molecule has 9 nitrogen and oxygen atoms in total. The van der Waals surface area contributed by atoms with Crippen molar-refractivity contribution < 1.29 is 18.7 Å². The van der Waals surface area contributed by atoms with Crippen molar-refractivity contribution in [3.8, 4) is 5.75 Å². The summed E-state index contributed by atoms with van der Waals surface area (Å²) >= 11 is -2.06. The molecule has 1 amide bonds. The first-order valence-corrected chi connectivity index (χ1v) is 8.92. The van der Waals surface area contributed by atoms with Gasteiger partial charge in [-0.05, 0) is 42.0 Å². The maximum atomic E-state index is 11.9. The number of aromatic nitrogens is 2. The molecule has 0 aliphatic heterocycles. The third-order valence-electron chi connectivity index (χ3n) is 3.73. The fourth-order valence-corrected chi connectivity index (χ4v) is 2.77. The zero-order chi connectivity index (χ0) is 19.4. The van der Waals surface area contributed by atoms with Crippen LogP contribution in [-0.4, -0.2) is 30.0 Å². The number of hydrogen-bond acceptors (Lipinski definition) is 6. The van der Waals surface area contributed by atoms with Gasteiger partial charge in [-0.1, -0.05) is 12.1 Å². The fraction of sp³-hybridized carbons (Fsp3) is 0.0588. The molecule has 27 heavy (non-hydrogen) atoms. The molecular weight excluding hydrogens is 370 g/mol. The lowest BCUT2D eigenvalue weighted by molar-refractivity contribution is 0.100. The van der Waals surface area contributed by atoms with Crippen molar-refractivity contribution in [3.05, 3.63) is 59.7 Å². The lowest BCUT2D eigenvalue weighted by atomic mass is 10.2. The molecule has 0 saturated carbocycles. The van der Waals surface area contributed by atoms with E-state index >= 15 is 0 Å². The number of primary amides is 1. The zero-order valence-electron chi connectivity index (χ0n) is 14.0. The summed E-state index contributed by atoms with van der Waals surface area (Å²) in [6.45, 7) is 0.377. The van der Waals surface area contributed by atoms with E-state index in [0.717, 1.165) is 5.56 Å². The van der Waals surface area contributed by atoms with Crippen LogP contribution in [0.25, 0.3) is 0 Å². The Bertz CT molecular complexity index is 970. The van der Waals surface area contributed by atoms with Crippen molar-refractivity contribution >= 4 is 34.3 Å². The molecule has 0 aliphatic carbocycles. The third-order valence-corrected chi connectivity index (χ3v) is 4.41. The van der Waals surface area contributed by atoms with Crippen molar-refractivity contribution in [2.24, 2.45) is 5.73 Å².